The molecule has 0 aliphatic heterocycles. The maximum Gasteiger partial charge on any atom is 0.259 e. The third-order valence-electron chi connectivity index (χ3n) is 4.11. The van der Waals surface area contributed by atoms with E-state index >= 15 is 0 Å². The highest BCUT2D eigenvalue weighted by atomic mass is 32.1. The summed E-state index contributed by atoms with van der Waals surface area (Å²) in [6.45, 7) is 3.61. The molecule has 1 aromatic carbocycles. The van der Waals surface area contributed by atoms with Gasteiger partial charge in [0.25, 0.3) is 5.91 Å². The van der Waals surface area contributed by atoms with E-state index in [0.29, 0.717) is 17.0 Å². The molecule has 0 unspecified atom stereocenters. The van der Waals surface area contributed by atoms with Crippen LogP contribution in [0.25, 0.3) is 21.8 Å². The lowest BCUT2D eigenvalue weighted by molar-refractivity contribution is 0.102. The Balaban J connectivity index is 1.57. The average molecular weight is 375 g/mol. The van der Waals surface area contributed by atoms with Crippen LogP contribution in [0, 0.1) is 13.8 Å². The van der Waals surface area contributed by atoms with Gasteiger partial charge in [0.15, 0.2) is 0 Å². The number of aryl methyl sites for hydroxylation is 2. The third-order valence-corrected chi connectivity index (χ3v) is 5.01. The molecule has 1 N–H and O–H groups in total. The van der Waals surface area contributed by atoms with Crippen LogP contribution >= 0.6 is 11.3 Å². The molecule has 27 heavy (non-hydrogen) atoms. The minimum Gasteiger partial charge on any atom is -0.466 e. The number of nitrogens with one attached hydrogen (secondary N) is 1. The summed E-state index contributed by atoms with van der Waals surface area (Å²) in [5.41, 5.74) is 4.06. The van der Waals surface area contributed by atoms with Crippen molar-refractivity contribution in [3.63, 3.8) is 0 Å². The van der Waals surface area contributed by atoms with Gasteiger partial charge in [0.1, 0.15) is 16.5 Å². The zero-order chi connectivity index (χ0) is 18.8. The summed E-state index contributed by atoms with van der Waals surface area (Å²) >= 11 is 1.57. The molecular formula is C21H17N3O2S. The van der Waals surface area contributed by atoms with Crippen molar-refractivity contribution in [2.75, 3.05) is 5.32 Å². The van der Waals surface area contributed by atoms with Gasteiger partial charge in [-0.05, 0) is 44.2 Å². The fraction of sp³-hybridized carbons (Fsp3) is 0.0952. The second kappa shape index (κ2) is 7.17. The van der Waals surface area contributed by atoms with Crippen LogP contribution in [0.15, 0.2) is 64.7 Å². The molecule has 0 bridgehead atoms. The number of benzene rings is 1. The minimum absolute atomic E-state index is 0.184. The molecule has 0 saturated heterocycles. The monoisotopic (exact) mass is 375 g/mol. The van der Waals surface area contributed by atoms with Gasteiger partial charge in [0.05, 0.1) is 11.3 Å². The molecule has 0 atom stereocenters. The van der Waals surface area contributed by atoms with Crippen LogP contribution < -0.4 is 5.32 Å². The molecule has 6 heteroatoms. The fourth-order valence-corrected chi connectivity index (χ4v) is 3.66. The maximum atomic E-state index is 12.5. The van der Waals surface area contributed by atoms with Crippen molar-refractivity contribution < 1.29 is 9.21 Å². The first-order chi connectivity index (χ1) is 13.1. The molecule has 0 fully saturated rings. The molecule has 0 aliphatic rings. The van der Waals surface area contributed by atoms with Gasteiger partial charge in [-0.25, -0.2) is 4.98 Å². The van der Waals surface area contributed by atoms with Crippen LogP contribution in [0.1, 0.15) is 21.9 Å². The Morgan fingerprint density at radius 2 is 1.96 bits per heavy atom. The van der Waals surface area contributed by atoms with Gasteiger partial charge < -0.3 is 9.73 Å². The minimum atomic E-state index is -0.184. The number of rotatable bonds is 4. The number of carbonyl (C=O) groups excluding carboxylic acids is 1. The zero-order valence-corrected chi connectivity index (χ0v) is 15.7. The molecule has 4 aromatic rings. The smallest absolute Gasteiger partial charge is 0.259 e. The highest BCUT2D eigenvalue weighted by molar-refractivity contribution is 7.13. The summed E-state index contributed by atoms with van der Waals surface area (Å²) in [6.07, 6.45) is 3.54. The van der Waals surface area contributed by atoms with E-state index in [9.17, 15) is 4.79 Å². The topological polar surface area (TPSA) is 68.0 Å². The Morgan fingerprint density at radius 1 is 1.11 bits per heavy atom. The largest absolute Gasteiger partial charge is 0.466 e. The molecule has 0 radical (unpaired) electrons. The molecule has 134 valence electrons. The van der Waals surface area contributed by atoms with Crippen LogP contribution in [0.3, 0.4) is 0 Å². The molecule has 5 nitrogen and oxygen atoms in total. The van der Waals surface area contributed by atoms with E-state index in [0.717, 1.165) is 27.6 Å². The van der Waals surface area contributed by atoms with Crippen molar-refractivity contribution in [1.29, 1.82) is 0 Å². The number of anilines is 1. The number of thiazole rings is 1. The molecule has 3 aromatic heterocycles. The van der Waals surface area contributed by atoms with E-state index in [2.05, 4.69) is 10.3 Å². The summed E-state index contributed by atoms with van der Waals surface area (Å²) in [5, 5.41) is 5.85. The van der Waals surface area contributed by atoms with Gasteiger partial charge in [0, 0.05) is 34.6 Å². The van der Waals surface area contributed by atoms with Crippen LogP contribution in [-0.4, -0.2) is 15.9 Å². The molecule has 3 heterocycles. The quantitative estimate of drug-likeness (QED) is 0.523. The zero-order valence-electron chi connectivity index (χ0n) is 14.9. The Bertz CT molecular complexity index is 1100. The Morgan fingerprint density at radius 3 is 2.70 bits per heavy atom. The molecule has 1 amide bonds. The highest BCUT2D eigenvalue weighted by Gasteiger charge is 2.14. The second-order valence-corrected chi connectivity index (χ2v) is 7.00. The summed E-state index contributed by atoms with van der Waals surface area (Å²) < 4.78 is 5.44. The number of furan rings is 1. The number of aromatic nitrogens is 2. The van der Waals surface area contributed by atoms with Crippen molar-refractivity contribution >= 4 is 22.9 Å². The standard InChI is InChI=1S/C21H17N3O2S/c1-13-9-18(14(2)26-13)20(25)23-17-7-3-5-15(10-17)19-12-27-21(24-19)16-6-4-8-22-11-16/h3-12H,1-2H3,(H,23,25). The fourth-order valence-electron chi connectivity index (χ4n) is 2.84. The van der Waals surface area contributed by atoms with Crippen LogP contribution in [0.2, 0.25) is 0 Å². The number of carbonyl (C=O) groups is 1. The van der Waals surface area contributed by atoms with Crippen molar-refractivity contribution in [2.45, 2.75) is 13.8 Å². The first-order valence-corrected chi connectivity index (χ1v) is 9.33. The number of amides is 1. The summed E-state index contributed by atoms with van der Waals surface area (Å²) in [5.74, 6) is 1.15. The predicted molar refractivity (Wildman–Crippen MR) is 107 cm³/mol. The lowest BCUT2D eigenvalue weighted by atomic mass is 10.1. The van der Waals surface area contributed by atoms with Gasteiger partial charge in [-0.15, -0.1) is 11.3 Å². The first kappa shape index (κ1) is 17.2. The van der Waals surface area contributed by atoms with Gasteiger partial charge in [-0.2, -0.15) is 0 Å². The third kappa shape index (κ3) is 3.66. The Kier molecular flexibility index (Phi) is 4.56. The number of pyridine rings is 1. The molecule has 4 rings (SSSR count). The normalized spacial score (nSPS) is 10.7. The first-order valence-electron chi connectivity index (χ1n) is 8.45. The molecule has 0 saturated carbocycles. The predicted octanol–water partition coefficient (Wildman–Crippen LogP) is 5.33. The van der Waals surface area contributed by atoms with Crippen LogP contribution in [-0.2, 0) is 0 Å². The van der Waals surface area contributed by atoms with Crippen LogP contribution in [0.5, 0.6) is 0 Å². The SMILES string of the molecule is Cc1cc(C(=O)Nc2cccc(-c3csc(-c4cccnc4)n3)c2)c(C)o1. The van der Waals surface area contributed by atoms with E-state index in [1.165, 1.54) is 0 Å². The molecule has 0 aliphatic carbocycles. The highest BCUT2D eigenvalue weighted by Crippen LogP contribution is 2.29. The summed E-state index contributed by atoms with van der Waals surface area (Å²) in [7, 11) is 0. The van der Waals surface area contributed by atoms with Crippen molar-refractivity contribution in [3.05, 3.63) is 77.3 Å². The van der Waals surface area contributed by atoms with E-state index in [-0.39, 0.29) is 5.91 Å². The Labute approximate surface area is 160 Å². The van der Waals surface area contributed by atoms with Gasteiger partial charge in [0.2, 0.25) is 0 Å². The number of nitrogens with zero attached hydrogens (tertiary/aromatic N) is 2. The van der Waals surface area contributed by atoms with Crippen LogP contribution in [0.4, 0.5) is 5.69 Å². The molecule has 0 spiro atoms. The summed E-state index contributed by atoms with van der Waals surface area (Å²) in [6, 6.07) is 13.3. The summed E-state index contributed by atoms with van der Waals surface area (Å²) in [4.78, 5) is 21.3. The lowest BCUT2D eigenvalue weighted by Gasteiger charge is -2.06. The number of hydrogen-bond donors (Lipinski definition) is 1. The van der Waals surface area contributed by atoms with E-state index in [1.807, 2.05) is 48.7 Å². The van der Waals surface area contributed by atoms with Gasteiger partial charge in [-0.3, -0.25) is 9.78 Å². The average Bonchev–Trinajstić information content (AvgIpc) is 3.29. The van der Waals surface area contributed by atoms with E-state index < -0.39 is 0 Å². The van der Waals surface area contributed by atoms with Gasteiger partial charge >= 0.3 is 0 Å². The van der Waals surface area contributed by atoms with Crippen molar-refractivity contribution in [3.8, 4) is 21.8 Å². The van der Waals surface area contributed by atoms with E-state index in [1.54, 1.807) is 36.7 Å². The Hall–Kier alpha value is -3.25. The lowest BCUT2D eigenvalue weighted by Crippen LogP contribution is -2.12. The van der Waals surface area contributed by atoms with Gasteiger partial charge in [-0.1, -0.05) is 12.1 Å². The van der Waals surface area contributed by atoms with Crippen molar-refractivity contribution in [1.82, 2.24) is 9.97 Å². The maximum absolute atomic E-state index is 12.5. The van der Waals surface area contributed by atoms with E-state index in [4.69, 9.17) is 9.40 Å². The van der Waals surface area contributed by atoms with Crippen molar-refractivity contribution in [2.24, 2.45) is 0 Å². The number of hydrogen-bond acceptors (Lipinski definition) is 5. The second-order valence-electron chi connectivity index (χ2n) is 6.14. The molecular weight excluding hydrogens is 358 g/mol.